The zero-order valence-corrected chi connectivity index (χ0v) is 13.5. The summed E-state index contributed by atoms with van der Waals surface area (Å²) in [6.07, 6.45) is -1.49. The lowest BCUT2D eigenvalue weighted by atomic mass is 10.1. The number of fused-ring (bicyclic) bond motifs is 2. The van der Waals surface area contributed by atoms with Crippen molar-refractivity contribution < 1.29 is 19.3 Å². The minimum absolute atomic E-state index is 0.0236. The molecule has 24 heavy (non-hydrogen) atoms. The molecular formula is C14H19FN6O3. The lowest BCUT2D eigenvalue weighted by Gasteiger charge is -2.22. The Bertz CT molecular complexity index is 824. The Hall–Kier alpha value is -2.04. The van der Waals surface area contributed by atoms with Crippen LogP contribution < -0.4 is 10.6 Å². The topological polar surface area (TPSA) is 123 Å². The second-order valence-electron chi connectivity index (χ2n) is 6.63. The molecule has 4 rings (SSSR count). The number of hydrogen-bond acceptors (Lipinski definition) is 8. The average Bonchev–Trinajstić information content (AvgIpc) is 2.84. The average molecular weight is 338 g/mol. The van der Waals surface area contributed by atoms with Crippen LogP contribution in [-0.4, -0.2) is 67.8 Å². The summed E-state index contributed by atoms with van der Waals surface area (Å²) in [4.78, 5) is 14.2. The van der Waals surface area contributed by atoms with Crippen molar-refractivity contribution in [3.63, 3.8) is 0 Å². The monoisotopic (exact) mass is 338 g/mol. The Morgan fingerprint density at radius 1 is 1.46 bits per heavy atom. The summed E-state index contributed by atoms with van der Waals surface area (Å²) < 4.78 is 22.0. The maximum atomic E-state index is 14.9. The molecule has 3 heterocycles. The molecule has 2 aliphatic rings. The van der Waals surface area contributed by atoms with Gasteiger partial charge in [0.25, 0.3) is 0 Å². The van der Waals surface area contributed by atoms with Crippen molar-refractivity contribution in [2.24, 2.45) is 5.92 Å². The molecule has 1 unspecified atom stereocenters. The molecule has 0 aromatic carbocycles. The van der Waals surface area contributed by atoms with Crippen LogP contribution in [0.5, 0.6) is 0 Å². The molecule has 2 aromatic rings. The van der Waals surface area contributed by atoms with E-state index in [0.29, 0.717) is 17.0 Å². The van der Waals surface area contributed by atoms with Crippen LogP contribution in [-0.2, 0) is 4.74 Å². The molecule has 0 bridgehead atoms. The van der Waals surface area contributed by atoms with E-state index in [1.807, 2.05) is 0 Å². The number of nitrogen functional groups attached to an aromatic ring is 1. The minimum Gasteiger partial charge on any atom is -0.393 e. The SMILES string of the molecule is CC1[C@]2(CO)O[C@@H](n3cnc4c(N(C)C)nc(N)nc43)[C@@H](F)[C@@]12O. The maximum absolute atomic E-state index is 14.9. The van der Waals surface area contributed by atoms with E-state index in [9.17, 15) is 14.6 Å². The van der Waals surface area contributed by atoms with Gasteiger partial charge in [-0.1, -0.05) is 6.92 Å². The van der Waals surface area contributed by atoms with Gasteiger partial charge in [0.2, 0.25) is 5.95 Å². The van der Waals surface area contributed by atoms with E-state index in [1.54, 1.807) is 25.9 Å². The van der Waals surface area contributed by atoms with Gasteiger partial charge in [0.05, 0.1) is 12.9 Å². The van der Waals surface area contributed by atoms with Gasteiger partial charge in [-0.3, -0.25) is 4.57 Å². The first-order valence-electron chi connectivity index (χ1n) is 7.60. The molecule has 1 saturated carbocycles. The molecule has 4 N–H and O–H groups in total. The van der Waals surface area contributed by atoms with Gasteiger partial charge in [-0.05, 0) is 0 Å². The fourth-order valence-corrected chi connectivity index (χ4v) is 3.79. The van der Waals surface area contributed by atoms with Crippen LogP contribution >= 0.6 is 0 Å². The number of alkyl halides is 1. The van der Waals surface area contributed by atoms with Crippen LogP contribution in [0.4, 0.5) is 16.2 Å². The molecule has 1 aliphatic carbocycles. The summed E-state index contributed by atoms with van der Waals surface area (Å²) in [5, 5.41) is 20.1. The molecule has 1 aliphatic heterocycles. The summed E-state index contributed by atoms with van der Waals surface area (Å²) in [6, 6.07) is 0. The third-order valence-corrected chi connectivity index (χ3v) is 5.31. The Balaban J connectivity index is 1.82. The molecule has 1 saturated heterocycles. The molecule has 2 fully saturated rings. The van der Waals surface area contributed by atoms with Gasteiger partial charge in [0.1, 0.15) is 11.2 Å². The highest BCUT2D eigenvalue weighted by atomic mass is 19.1. The lowest BCUT2D eigenvalue weighted by Crippen LogP contribution is -2.32. The van der Waals surface area contributed by atoms with Crippen molar-refractivity contribution in [2.45, 2.75) is 30.5 Å². The fraction of sp³-hybridized carbons (Fsp3) is 0.643. The number of aliphatic hydroxyl groups is 2. The molecular weight excluding hydrogens is 319 g/mol. The highest BCUT2D eigenvalue weighted by Crippen LogP contribution is 2.67. The van der Waals surface area contributed by atoms with E-state index in [-0.39, 0.29) is 5.95 Å². The second-order valence-corrected chi connectivity index (χ2v) is 6.63. The third-order valence-electron chi connectivity index (χ3n) is 5.31. The van der Waals surface area contributed by atoms with E-state index in [4.69, 9.17) is 10.5 Å². The van der Waals surface area contributed by atoms with Crippen molar-refractivity contribution in [1.82, 2.24) is 19.5 Å². The highest BCUT2D eigenvalue weighted by Gasteiger charge is 2.85. The fourth-order valence-electron chi connectivity index (χ4n) is 3.79. The molecule has 0 radical (unpaired) electrons. The van der Waals surface area contributed by atoms with Crippen LogP contribution in [0.15, 0.2) is 6.33 Å². The quantitative estimate of drug-likeness (QED) is 0.681. The van der Waals surface area contributed by atoms with Crippen LogP contribution in [0.2, 0.25) is 0 Å². The molecule has 0 spiro atoms. The molecule has 2 aromatic heterocycles. The van der Waals surface area contributed by atoms with Gasteiger partial charge in [-0.25, -0.2) is 9.37 Å². The first-order chi connectivity index (χ1) is 11.3. The smallest absolute Gasteiger partial charge is 0.224 e. The minimum atomic E-state index is -1.73. The summed E-state index contributed by atoms with van der Waals surface area (Å²) in [6.45, 7) is 1.18. The molecule has 130 valence electrons. The Morgan fingerprint density at radius 3 is 2.75 bits per heavy atom. The van der Waals surface area contributed by atoms with E-state index in [0.717, 1.165) is 0 Å². The number of aromatic nitrogens is 4. The van der Waals surface area contributed by atoms with Crippen molar-refractivity contribution in [2.75, 3.05) is 31.3 Å². The van der Waals surface area contributed by atoms with Crippen molar-refractivity contribution in [3.8, 4) is 0 Å². The number of rotatable bonds is 3. The predicted octanol–water partition coefficient (Wildman–Crippen LogP) is -0.547. The van der Waals surface area contributed by atoms with E-state index in [1.165, 1.54) is 10.9 Å². The number of aliphatic hydroxyl groups excluding tert-OH is 1. The number of nitrogens with zero attached hydrogens (tertiary/aromatic N) is 5. The number of halogens is 1. The lowest BCUT2D eigenvalue weighted by molar-refractivity contribution is -0.0863. The van der Waals surface area contributed by atoms with Gasteiger partial charge in [-0.15, -0.1) is 0 Å². The van der Waals surface area contributed by atoms with Gasteiger partial charge >= 0.3 is 0 Å². The summed E-state index contributed by atoms with van der Waals surface area (Å²) in [7, 11) is 3.56. The Morgan fingerprint density at radius 2 is 2.17 bits per heavy atom. The molecule has 5 atom stereocenters. The molecule has 9 nitrogen and oxygen atoms in total. The zero-order chi connectivity index (χ0) is 17.4. The van der Waals surface area contributed by atoms with Crippen LogP contribution in [0.25, 0.3) is 11.2 Å². The van der Waals surface area contributed by atoms with E-state index in [2.05, 4.69) is 15.0 Å². The zero-order valence-electron chi connectivity index (χ0n) is 13.5. The summed E-state index contributed by atoms with van der Waals surface area (Å²) >= 11 is 0. The number of imidazole rings is 1. The van der Waals surface area contributed by atoms with Crippen LogP contribution in [0, 0.1) is 5.92 Å². The second kappa shape index (κ2) is 4.52. The van der Waals surface area contributed by atoms with E-state index < -0.39 is 36.1 Å². The number of anilines is 2. The highest BCUT2D eigenvalue weighted by molar-refractivity contribution is 5.84. The molecule has 10 heteroatoms. The van der Waals surface area contributed by atoms with Gasteiger partial charge in [-0.2, -0.15) is 9.97 Å². The number of ether oxygens (including phenoxy) is 1. The third kappa shape index (κ3) is 1.55. The maximum Gasteiger partial charge on any atom is 0.224 e. The first-order valence-corrected chi connectivity index (χ1v) is 7.60. The van der Waals surface area contributed by atoms with Crippen LogP contribution in [0.3, 0.4) is 0 Å². The van der Waals surface area contributed by atoms with Gasteiger partial charge in [0.15, 0.2) is 29.4 Å². The van der Waals surface area contributed by atoms with Gasteiger partial charge < -0.3 is 25.6 Å². The standard InChI is InChI=1S/C14H19FN6O3/c1-6-13(4-22)14(6,23)8(15)11(24-13)21-5-17-7-9(20(2)3)18-12(16)19-10(7)21/h5-6,8,11,22-23H,4H2,1-3H3,(H2,16,18,19)/t6?,8-,11-,13+,14+/m1/s1. The van der Waals surface area contributed by atoms with Crippen molar-refractivity contribution in [1.29, 1.82) is 0 Å². The summed E-state index contributed by atoms with van der Waals surface area (Å²) in [5.74, 6) is 0.0299. The van der Waals surface area contributed by atoms with Crippen LogP contribution in [0.1, 0.15) is 13.2 Å². The Kier molecular flexibility index (Phi) is 2.92. The number of nitrogens with two attached hydrogens (primary N) is 1. The Labute approximate surface area is 136 Å². The normalized spacial score (nSPS) is 37.7. The largest absolute Gasteiger partial charge is 0.393 e. The van der Waals surface area contributed by atoms with E-state index >= 15 is 0 Å². The predicted molar refractivity (Wildman–Crippen MR) is 83.0 cm³/mol. The summed E-state index contributed by atoms with van der Waals surface area (Å²) in [5.41, 5.74) is 3.49. The first kappa shape index (κ1) is 15.5. The van der Waals surface area contributed by atoms with Crippen molar-refractivity contribution in [3.05, 3.63) is 6.33 Å². The molecule has 0 amide bonds. The van der Waals surface area contributed by atoms with Gasteiger partial charge in [0, 0.05) is 20.0 Å². The number of hydrogen-bond donors (Lipinski definition) is 3. The van der Waals surface area contributed by atoms with Crippen molar-refractivity contribution >= 4 is 22.9 Å².